The molecule has 0 unspecified atom stereocenters. The molecule has 0 saturated carbocycles. The van der Waals surface area contributed by atoms with E-state index in [0.29, 0.717) is 0 Å². The number of aliphatic imine (C=N–C) groups is 1. The molecule has 0 saturated heterocycles. The molecule has 0 aliphatic carbocycles. The van der Waals surface area contributed by atoms with Crippen LogP contribution in [-0.4, -0.2) is 10.8 Å². The minimum Gasteiger partial charge on any atom is -0.318 e. The van der Waals surface area contributed by atoms with Gasteiger partial charge in [0.2, 0.25) is 0 Å². The Morgan fingerprint density at radius 3 is 2.43 bits per heavy atom. The maximum absolute atomic E-state index is 5.98. The zero-order valence-corrected chi connectivity index (χ0v) is 15.3. The van der Waals surface area contributed by atoms with Gasteiger partial charge in [-0.1, -0.05) is 23.7 Å². The first-order valence-electron chi connectivity index (χ1n) is 7.30. The van der Waals surface area contributed by atoms with E-state index in [9.17, 15) is 0 Å². The molecule has 0 amide bonds. The third kappa shape index (κ3) is 3.41. The number of hydrogen-bond acceptors (Lipinski definition) is 1. The molecule has 0 atom stereocenters. The van der Waals surface area contributed by atoms with Gasteiger partial charge in [0.15, 0.2) is 0 Å². The van der Waals surface area contributed by atoms with Crippen molar-refractivity contribution in [3.05, 3.63) is 81.0 Å². The van der Waals surface area contributed by atoms with E-state index in [2.05, 4.69) is 45.4 Å². The van der Waals surface area contributed by atoms with E-state index in [1.807, 2.05) is 54.7 Å². The van der Waals surface area contributed by atoms with Gasteiger partial charge in [-0.2, -0.15) is 0 Å². The Labute approximate surface area is 149 Å². The Morgan fingerprint density at radius 1 is 1.04 bits per heavy atom. The molecule has 0 aliphatic heterocycles. The molecule has 0 N–H and O–H groups in total. The summed E-state index contributed by atoms with van der Waals surface area (Å²) in [6.07, 6.45) is 1.91. The van der Waals surface area contributed by atoms with E-state index < -0.39 is 0 Å². The molecule has 2 aromatic carbocycles. The highest BCUT2D eigenvalue weighted by atomic mass is 79.9. The molecule has 0 fully saturated rings. The van der Waals surface area contributed by atoms with Crippen LogP contribution in [-0.2, 0) is 0 Å². The molecular formula is C19H16BrClN2. The molecule has 116 valence electrons. The number of nitrogens with zero attached hydrogens (tertiary/aromatic N) is 2. The maximum atomic E-state index is 5.98. The summed E-state index contributed by atoms with van der Waals surface area (Å²) in [4.78, 5) is 4.59. The Kier molecular flexibility index (Phi) is 4.69. The second-order valence-corrected chi connectivity index (χ2v) is 6.64. The Balaban J connectivity index is 1.98. The van der Waals surface area contributed by atoms with Crippen LogP contribution in [0.5, 0.6) is 0 Å². The average molecular weight is 388 g/mol. The fraction of sp³-hybridized carbons (Fsp3) is 0.105. The number of halogens is 2. The van der Waals surface area contributed by atoms with Crippen molar-refractivity contribution < 1.29 is 0 Å². The lowest BCUT2D eigenvalue weighted by atomic mass is 10.2. The third-order valence-corrected chi connectivity index (χ3v) is 4.67. The van der Waals surface area contributed by atoms with E-state index in [1.54, 1.807) is 0 Å². The predicted octanol–water partition coefficient (Wildman–Crippen LogP) is 6.26. The molecule has 0 spiro atoms. The molecule has 3 rings (SSSR count). The number of aromatic nitrogens is 1. The van der Waals surface area contributed by atoms with Crippen LogP contribution in [0.4, 0.5) is 5.69 Å². The highest BCUT2D eigenvalue weighted by Gasteiger charge is 2.09. The second kappa shape index (κ2) is 6.73. The van der Waals surface area contributed by atoms with Crippen molar-refractivity contribution in [2.24, 2.45) is 4.99 Å². The first kappa shape index (κ1) is 16.0. The van der Waals surface area contributed by atoms with Gasteiger partial charge in [-0.15, -0.1) is 0 Å². The van der Waals surface area contributed by atoms with Crippen LogP contribution in [0.1, 0.15) is 17.0 Å². The largest absolute Gasteiger partial charge is 0.318 e. The summed E-state index contributed by atoms with van der Waals surface area (Å²) in [6.45, 7) is 4.19. The molecule has 1 heterocycles. The fourth-order valence-electron chi connectivity index (χ4n) is 2.60. The van der Waals surface area contributed by atoms with Gasteiger partial charge in [-0.05, 0) is 72.2 Å². The standard InChI is InChI=1S/C19H16BrClN2/c1-13-11-15(12-22-19-6-4-3-5-18(19)20)14(2)23(13)17-9-7-16(21)8-10-17/h3-12H,1-2H3. The topological polar surface area (TPSA) is 17.3 Å². The monoisotopic (exact) mass is 386 g/mol. The Hall–Kier alpha value is -1.84. The van der Waals surface area contributed by atoms with Crippen molar-refractivity contribution in [3.63, 3.8) is 0 Å². The van der Waals surface area contributed by atoms with E-state index in [1.165, 1.54) is 5.69 Å². The highest BCUT2D eigenvalue weighted by molar-refractivity contribution is 9.10. The highest BCUT2D eigenvalue weighted by Crippen LogP contribution is 2.25. The van der Waals surface area contributed by atoms with Crippen molar-refractivity contribution in [1.82, 2.24) is 4.57 Å². The average Bonchev–Trinajstić information content (AvgIpc) is 2.82. The molecular weight excluding hydrogens is 372 g/mol. The Morgan fingerprint density at radius 2 is 1.74 bits per heavy atom. The van der Waals surface area contributed by atoms with E-state index in [4.69, 9.17) is 11.6 Å². The summed E-state index contributed by atoms with van der Waals surface area (Å²) in [5, 5.41) is 0.743. The predicted molar refractivity (Wildman–Crippen MR) is 102 cm³/mol. The van der Waals surface area contributed by atoms with Gasteiger partial charge in [0.1, 0.15) is 0 Å². The first-order valence-corrected chi connectivity index (χ1v) is 8.47. The van der Waals surface area contributed by atoms with Crippen LogP contribution in [0.3, 0.4) is 0 Å². The lowest BCUT2D eigenvalue weighted by Gasteiger charge is -2.09. The van der Waals surface area contributed by atoms with Gasteiger partial charge in [0, 0.05) is 38.3 Å². The van der Waals surface area contributed by atoms with Crippen LogP contribution >= 0.6 is 27.5 Å². The molecule has 0 bridgehead atoms. The van der Waals surface area contributed by atoms with Crippen LogP contribution in [0.2, 0.25) is 5.02 Å². The van der Waals surface area contributed by atoms with Crippen LogP contribution in [0, 0.1) is 13.8 Å². The van der Waals surface area contributed by atoms with Gasteiger partial charge in [0.25, 0.3) is 0 Å². The SMILES string of the molecule is Cc1cc(C=Nc2ccccc2Br)c(C)n1-c1ccc(Cl)cc1. The lowest BCUT2D eigenvalue weighted by molar-refractivity contribution is 0.965. The van der Waals surface area contributed by atoms with Crippen LogP contribution < -0.4 is 0 Å². The summed E-state index contributed by atoms with van der Waals surface area (Å²) < 4.78 is 3.19. The van der Waals surface area contributed by atoms with Gasteiger partial charge >= 0.3 is 0 Å². The van der Waals surface area contributed by atoms with Gasteiger partial charge in [0.05, 0.1) is 5.69 Å². The molecule has 0 aliphatic rings. The van der Waals surface area contributed by atoms with E-state index in [-0.39, 0.29) is 0 Å². The second-order valence-electron chi connectivity index (χ2n) is 5.35. The number of aryl methyl sites for hydroxylation is 1. The number of para-hydroxylation sites is 1. The smallest absolute Gasteiger partial charge is 0.0771 e. The van der Waals surface area contributed by atoms with Crippen LogP contribution in [0.15, 0.2) is 64.1 Å². The summed E-state index contributed by atoms with van der Waals surface area (Å²) in [6, 6.07) is 17.9. The summed E-state index contributed by atoms with van der Waals surface area (Å²) in [7, 11) is 0. The van der Waals surface area contributed by atoms with Gasteiger partial charge in [-0.3, -0.25) is 4.99 Å². The number of rotatable bonds is 3. The zero-order chi connectivity index (χ0) is 16.4. The molecule has 2 nitrogen and oxygen atoms in total. The summed E-state index contributed by atoms with van der Waals surface area (Å²) >= 11 is 9.50. The minimum absolute atomic E-state index is 0.743. The van der Waals surface area contributed by atoms with Crippen molar-refractivity contribution in [3.8, 4) is 5.69 Å². The molecule has 1 aromatic heterocycles. The fourth-order valence-corrected chi connectivity index (χ4v) is 3.11. The molecule has 23 heavy (non-hydrogen) atoms. The van der Waals surface area contributed by atoms with Crippen molar-refractivity contribution in [2.75, 3.05) is 0 Å². The van der Waals surface area contributed by atoms with Crippen molar-refractivity contribution in [1.29, 1.82) is 0 Å². The van der Waals surface area contributed by atoms with E-state index >= 15 is 0 Å². The van der Waals surface area contributed by atoms with Gasteiger partial charge in [-0.25, -0.2) is 0 Å². The van der Waals surface area contributed by atoms with Crippen molar-refractivity contribution in [2.45, 2.75) is 13.8 Å². The van der Waals surface area contributed by atoms with Crippen LogP contribution in [0.25, 0.3) is 5.69 Å². The summed E-state index contributed by atoms with van der Waals surface area (Å²) in [5.41, 5.74) is 5.45. The normalized spacial score (nSPS) is 11.3. The molecule has 0 radical (unpaired) electrons. The quantitative estimate of drug-likeness (QED) is 0.472. The molecule has 4 heteroatoms. The van der Waals surface area contributed by atoms with E-state index in [0.717, 1.165) is 32.1 Å². The molecule has 3 aromatic rings. The zero-order valence-electron chi connectivity index (χ0n) is 12.9. The van der Waals surface area contributed by atoms with Gasteiger partial charge < -0.3 is 4.57 Å². The van der Waals surface area contributed by atoms with Crippen molar-refractivity contribution >= 4 is 39.4 Å². The lowest BCUT2D eigenvalue weighted by Crippen LogP contribution is -1.99. The number of hydrogen-bond donors (Lipinski definition) is 0. The first-order chi connectivity index (χ1) is 11.1. The minimum atomic E-state index is 0.743. The summed E-state index contributed by atoms with van der Waals surface area (Å²) in [5.74, 6) is 0. The Bertz CT molecular complexity index is 864. The number of benzene rings is 2. The third-order valence-electron chi connectivity index (χ3n) is 3.75. The maximum Gasteiger partial charge on any atom is 0.0771 e.